The zero-order chi connectivity index (χ0) is 18.9. The molecule has 25 heavy (non-hydrogen) atoms. The minimum Gasteiger partial charge on any atom is -0.341 e. The van der Waals surface area contributed by atoms with Gasteiger partial charge in [0.05, 0.1) is 4.90 Å². The summed E-state index contributed by atoms with van der Waals surface area (Å²) >= 11 is 0. The summed E-state index contributed by atoms with van der Waals surface area (Å²) < 4.78 is 31.1. The topological polar surface area (TPSA) is 105 Å². The van der Waals surface area contributed by atoms with Gasteiger partial charge >= 0.3 is 0 Å². The van der Waals surface area contributed by atoms with Crippen LogP contribution in [-0.2, 0) is 10.0 Å². The molecule has 0 saturated carbocycles. The summed E-state index contributed by atoms with van der Waals surface area (Å²) in [6.45, 7) is 6.88. The lowest BCUT2D eigenvalue weighted by Crippen LogP contribution is -2.28. The Morgan fingerprint density at radius 2 is 1.88 bits per heavy atom. The molecule has 1 heterocycles. The Hall–Kier alpha value is -2.26. The number of rotatable bonds is 5. The number of aromatic nitrogens is 2. The van der Waals surface area contributed by atoms with Crippen molar-refractivity contribution in [2.75, 3.05) is 14.1 Å². The van der Waals surface area contributed by atoms with Crippen LogP contribution in [0.2, 0.25) is 0 Å². The van der Waals surface area contributed by atoms with Crippen molar-refractivity contribution < 1.29 is 17.7 Å². The van der Waals surface area contributed by atoms with E-state index in [9.17, 15) is 13.2 Å². The van der Waals surface area contributed by atoms with Gasteiger partial charge in [0.15, 0.2) is 5.82 Å². The van der Waals surface area contributed by atoms with Gasteiger partial charge in [-0.1, -0.05) is 5.16 Å². The number of carbonyl (C=O) groups excluding carboxylic acids is 1. The third-order valence-corrected chi connectivity index (χ3v) is 5.84. The van der Waals surface area contributed by atoms with Gasteiger partial charge in [-0.3, -0.25) is 4.79 Å². The van der Waals surface area contributed by atoms with Gasteiger partial charge in [-0.15, -0.1) is 0 Å². The van der Waals surface area contributed by atoms with Crippen molar-refractivity contribution in [3.05, 3.63) is 40.5 Å². The monoisotopic (exact) mass is 366 g/mol. The van der Waals surface area contributed by atoms with Crippen molar-refractivity contribution in [3.8, 4) is 0 Å². The van der Waals surface area contributed by atoms with E-state index >= 15 is 0 Å². The first-order valence-corrected chi connectivity index (χ1v) is 9.13. The molecule has 8 nitrogen and oxygen atoms in total. The van der Waals surface area contributed by atoms with Crippen LogP contribution in [0, 0.1) is 20.8 Å². The summed E-state index contributed by atoms with van der Waals surface area (Å²) in [4.78, 5) is 16.7. The fourth-order valence-electron chi connectivity index (χ4n) is 2.25. The largest absolute Gasteiger partial charge is 0.341 e. The Morgan fingerprint density at radius 1 is 1.24 bits per heavy atom. The molecular formula is C16H22N4O4S. The van der Waals surface area contributed by atoms with Crippen LogP contribution in [0.15, 0.2) is 21.6 Å². The van der Waals surface area contributed by atoms with Crippen LogP contribution in [0.3, 0.4) is 0 Å². The molecule has 0 aliphatic heterocycles. The summed E-state index contributed by atoms with van der Waals surface area (Å²) in [5.41, 5.74) is 1.59. The summed E-state index contributed by atoms with van der Waals surface area (Å²) in [5.74, 6) is 0.346. The van der Waals surface area contributed by atoms with Crippen LogP contribution in [0.5, 0.6) is 0 Å². The second-order valence-electron chi connectivity index (χ2n) is 6.08. The van der Waals surface area contributed by atoms with Gasteiger partial charge in [-0.2, -0.15) is 4.98 Å². The number of hydrogen-bond acceptors (Lipinski definition) is 6. The van der Waals surface area contributed by atoms with E-state index in [1.54, 1.807) is 33.8 Å². The molecule has 1 aromatic heterocycles. The van der Waals surface area contributed by atoms with Crippen LogP contribution < -0.4 is 5.32 Å². The van der Waals surface area contributed by atoms with Gasteiger partial charge in [-0.25, -0.2) is 12.7 Å². The molecule has 1 unspecified atom stereocenters. The van der Waals surface area contributed by atoms with Crippen LogP contribution in [0.1, 0.15) is 46.2 Å². The predicted molar refractivity (Wildman–Crippen MR) is 91.7 cm³/mol. The smallest absolute Gasteiger partial charge is 0.251 e. The molecule has 0 bridgehead atoms. The number of hydrogen-bond donors (Lipinski definition) is 1. The molecule has 9 heteroatoms. The molecule has 1 atom stereocenters. The van der Waals surface area contributed by atoms with Gasteiger partial charge in [0, 0.05) is 19.7 Å². The molecule has 0 saturated heterocycles. The van der Waals surface area contributed by atoms with E-state index < -0.39 is 22.0 Å². The van der Waals surface area contributed by atoms with Gasteiger partial charge in [0.2, 0.25) is 15.9 Å². The average molecular weight is 366 g/mol. The lowest BCUT2D eigenvalue weighted by Gasteiger charge is -2.17. The van der Waals surface area contributed by atoms with Crippen LogP contribution in [0.25, 0.3) is 0 Å². The normalized spacial score (nSPS) is 13.1. The summed E-state index contributed by atoms with van der Waals surface area (Å²) in [7, 11) is -0.741. The Morgan fingerprint density at radius 3 is 2.40 bits per heavy atom. The molecule has 1 N–H and O–H groups in total. The van der Waals surface area contributed by atoms with Crippen LogP contribution >= 0.6 is 0 Å². The van der Waals surface area contributed by atoms with E-state index in [4.69, 9.17) is 4.52 Å². The molecule has 0 aliphatic rings. The third-order valence-electron chi connectivity index (χ3n) is 3.90. The second-order valence-corrected chi connectivity index (χ2v) is 8.20. The van der Waals surface area contributed by atoms with Crippen LogP contribution in [-0.4, -0.2) is 42.9 Å². The maximum atomic E-state index is 12.5. The SMILES string of the molecule is Cc1noc(C(C)NC(=O)c2cc(C)c(C)c(S(=O)(=O)N(C)C)c2)n1. The highest BCUT2D eigenvalue weighted by atomic mass is 32.2. The second kappa shape index (κ2) is 6.93. The summed E-state index contributed by atoms with van der Waals surface area (Å²) in [5, 5.41) is 6.42. The zero-order valence-corrected chi connectivity index (χ0v) is 15.9. The fourth-order valence-corrected chi connectivity index (χ4v) is 3.47. The minimum atomic E-state index is -3.65. The molecule has 2 rings (SSSR count). The van der Waals surface area contributed by atoms with E-state index in [0.29, 0.717) is 11.4 Å². The van der Waals surface area contributed by atoms with Crippen molar-refractivity contribution >= 4 is 15.9 Å². The van der Waals surface area contributed by atoms with Crippen molar-refractivity contribution in [2.24, 2.45) is 0 Å². The molecule has 0 fully saturated rings. The van der Waals surface area contributed by atoms with Crippen molar-refractivity contribution in [1.82, 2.24) is 19.8 Å². The molecule has 1 aromatic carbocycles. The van der Waals surface area contributed by atoms with Crippen molar-refractivity contribution in [2.45, 2.75) is 38.6 Å². The molecule has 0 aliphatic carbocycles. The Bertz CT molecular complexity index is 903. The maximum absolute atomic E-state index is 12.5. The first-order chi connectivity index (χ1) is 11.5. The number of amides is 1. The molecule has 1 amide bonds. The first-order valence-electron chi connectivity index (χ1n) is 7.69. The van der Waals surface area contributed by atoms with Crippen LogP contribution in [0.4, 0.5) is 0 Å². The number of sulfonamides is 1. The molecule has 0 radical (unpaired) electrons. The lowest BCUT2D eigenvalue weighted by atomic mass is 10.1. The first kappa shape index (κ1) is 19.1. The van der Waals surface area contributed by atoms with Gasteiger partial charge in [-0.05, 0) is 51.0 Å². The molecule has 136 valence electrons. The van der Waals surface area contributed by atoms with E-state index in [1.165, 1.54) is 20.2 Å². The van der Waals surface area contributed by atoms with E-state index in [0.717, 1.165) is 9.87 Å². The minimum absolute atomic E-state index is 0.115. The van der Waals surface area contributed by atoms with E-state index in [1.807, 2.05) is 0 Å². The zero-order valence-electron chi connectivity index (χ0n) is 15.1. The van der Waals surface area contributed by atoms with Gasteiger partial charge < -0.3 is 9.84 Å². The number of carbonyl (C=O) groups is 1. The highest BCUT2D eigenvalue weighted by Crippen LogP contribution is 2.23. The van der Waals surface area contributed by atoms with Crippen molar-refractivity contribution in [3.63, 3.8) is 0 Å². The van der Waals surface area contributed by atoms with Gasteiger partial charge in [0.1, 0.15) is 6.04 Å². The van der Waals surface area contributed by atoms with E-state index in [-0.39, 0.29) is 16.3 Å². The van der Waals surface area contributed by atoms with Gasteiger partial charge in [0.25, 0.3) is 5.91 Å². The third kappa shape index (κ3) is 3.88. The molecular weight excluding hydrogens is 344 g/mol. The number of aryl methyl sites for hydroxylation is 2. The number of nitrogens with one attached hydrogen (secondary N) is 1. The number of benzene rings is 1. The maximum Gasteiger partial charge on any atom is 0.251 e. The quantitative estimate of drug-likeness (QED) is 0.864. The predicted octanol–water partition coefficient (Wildman–Crippen LogP) is 1.74. The highest BCUT2D eigenvalue weighted by molar-refractivity contribution is 7.89. The standard InChI is InChI=1S/C16H22N4O4S/c1-9-7-13(8-14(10(9)2)25(22,23)20(5)6)15(21)17-11(3)16-18-12(4)19-24-16/h7-8,11H,1-6H3,(H,17,21). The Balaban J connectivity index is 2.36. The lowest BCUT2D eigenvalue weighted by molar-refractivity contribution is 0.0932. The number of nitrogens with zero attached hydrogens (tertiary/aromatic N) is 3. The Labute approximate surface area is 147 Å². The highest BCUT2D eigenvalue weighted by Gasteiger charge is 2.24. The van der Waals surface area contributed by atoms with Crippen molar-refractivity contribution in [1.29, 1.82) is 0 Å². The molecule has 0 spiro atoms. The molecule has 2 aromatic rings. The summed E-state index contributed by atoms with van der Waals surface area (Å²) in [6, 6.07) is 2.55. The Kier molecular flexibility index (Phi) is 5.28. The summed E-state index contributed by atoms with van der Waals surface area (Å²) in [6.07, 6.45) is 0. The van der Waals surface area contributed by atoms with E-state index in [2.05, 4.69) is 15.5 Å². The fraction of sp³-hybridized carbons (Fsp3) is 0.438. The average Bonchev–Trinajstić information content (AvgIpc) is 2.96.